The largest absolute Gasteiger partial charge is 0.493 e. The second-order valence-corrected chi connectivity index (χ2v) is 5.08. The molecule has 2 rings (SSSR count). The molecule has 7 heteroatoms. The Morgan fingerprint density at radius 2 is 1.77 bits per heavy atom. The van der Waals surface area contributed by atoms with Crippen molar-refractivity contribution in [2.24, 2.45) is 5.10 Å². The van der Waals surface area contributed by atoms with Gasteiger partial charge in [0.15, 0.2) is 17.3 Å². The second kappa shape index (κ2) is 7.22. The summed E-state index contributed by atoms with van der Waals surface area (Å²) in [5.41, 5.74) is 3.30. The minimum Gasteiger partial charge on any atom is -0.493 e. The number of hydrogen-bond donors (Lipinski definition) is 1. The van der Waals surface area contributed by atoms with Gasteiger partial charge in [0.05, 0.1) is 26.1 Å². The highest BCUT2D eigenvalue weighted by molar-refractivity contribution is 9.10. The SMILES string of the molecule is COc1cc(Br)c(/C=N\Nc2ccc(F)cc2F)cc1OC. The molecular weight excluding hydrogens is 358 g/mol. The first-order valence-electron chi connectivity index (χ1n) is 6.20. The highest BCUT2D eigenvalue weighted by atomic mass is 79.9. The lowest BCUT2D eigenvalue weighted by atomic mass is 10.2. The van der Waals surface area contributed by atoms with Gasteiger partial charge >= 0.3 is 0 Å². The number of hydrogen-bond acceptors (Lipinski definition) is 4. The molecule has 116 valence electrons. The van der Waals surface area contributed by atoms with Crippen molar-refractivity contribution in [3.8, 4) is 11.5 Å². The molecule has 0 aromatic heterocycles. The molecule has 0 saturated carbocycles. The van der Waals surface area contributed by atoms with Crippen molar-refractivity contribution in [1.29, 1.82) is 0 Å². The average molecular weight is 371 g/mol. The Labute approximate surface area is 134 Å². The molecule has 1 N–H and O–H groups in total. The Kier molecular flexibility index (Phi) is 5.32. The van der Waals surface area contributed by atoms with Crippen molar-refractivity contribution in [3.63, 3.8) is 0 Å². The van der Waals surface area contributed by atoms with Gasteiger partial charge in [-0.15, -0.1) is 0 Å². The van der Waals surface area contributed by atoms with Gasteiger partial charge in [0.25, 0.3) is 0 Å². The number of methoxy groups -OCH3 is 2. The lowest BCUT2D eigenvalue weighted by molar-refractivity contribution is 0.354. The quantitative estimate of drug-likeness (QED) is 0.633. The van der Waals surface area contributed by atoms with E-state index in [9.17, 15) is 8.78 Å². The number of hydrazone groups is 1. The van der Waals surface area contributed by atoms with E-state index in [2.05, 4.69) is 26.5 Å². The van der Waals surface area contributed by atoms with E-state index in [1.165, 1.54) is 26.5 Å². The number of halogens is 3. The van der Waals surface area contributed by atoms with E-state index in [1.807, 2.05) is 0 Å². The minimum atomic E-state index is -0.719. The van der Waals surface area contributed by atoms with Crippen molar-refractivity contribution in [1.82, 2.24) is 0 Å². The van der Waals surface area contributed by atoms with Crippen LogP contribution < -0.4 is 14.9 Å². The predicted octanol–water partition coefficient (Wildman–Crippen LogP) is 4.19. The summed E-state index contributed by atoms with van der Waals surface area (Å²) in [6.45, 7) is 0. The van der Waals surface area contributed by atoms with Crippen LogP contribution in [0.5, 0.6) is 11.5 Å². The summed E-state index contributed by atoms with van der Waals surface area (Å²) in [6.07, 6.45) is 1.48. The van der Waals surface area contributed by atoms with Gasteiger partial charge in [-0.3, -0.25) is 5.43 Å². The maximum absolute atomic E-state index is 13.5. The molecule has 0 heterocycles. The third-order valence-electron chi connectivity index (χ3n) is 2.82. The van der Waals surface area contributed by atoms with Crippen LogP contribution in [0.3, 0.4) is 0 Å². The van der Waals surface area contributed by atoms with Gasteiger partial charge in [0.2, 0.25) is 0 Å². The fraction of sp³-hybridized carbons (Fsp3) is 0.133. The molecule has 0 amide bonds. The summed E-state index contributed by atoms with van der Waals surface area (Å²) in [5, 5.41) is 3.93. The van der Waals surface area contributed by atoms with E-state index < -0.39 is 11.6 Å². The molecule has 0 saturated heterocycles. The molecule has 22 heavy (non-hydrogen) atoms. The Bertz CT molecular complexity index is 708. The van der Waals surface area contributed by atoms with Gasteiger partial charge in [0, 0.05) is 16.1 Å². The van der Waals surface area contributed by atoms with Gasteiger partial charge in [-0.25, -0.2) is 8.78 Å². The smallest absolute Gasteiger partial charge is 0.161 e. The number of nitrogens with zero attached hydrogens (tertiary/aromatic N) is 1. The Balaban J connectivity index is 2.19. The highest BCUT2D eigenvalue weighted by Gasteiger charge is 2.08. The van der Waals surface area contributed by atoms with Crippen LogP contribution in [0.4, 0.5) is 14.5 Å². The standard InChI is InChI=1S/C15H13BrF2N2O2/c1-21-14-5-9(11(16)7-15(14)22-2)8-19-20-13-4-3-10(17)6-12(13)18/h3-8,20H,1-2H3/b19-8-. The molecule has 0 atom stereocenters. The third kappa shape index (κ3) is 3.73. The molecule has 0 aliphatic rings. The van der Waals surface area contributed by atoms with E-state index in [0.717, 1.165) is 16.6 Å². The maximum Gasteiger partial charge on any atom is 0.161 e. The predicted molar refractivity (Wildman–Crippen MR) is 84.8 cm³/mol. The molecule has 0 unspecified atom stereocenters. The number of benzene rings is 2. The van der Waals surface area contributed by atoms with E-state index in [4.69, 9.17) is 9.47 Å². The first-order valence-corrected chi connectivity index (χ1v) is 7.00. The molecule has 0 bridgehead atoms. The van der Waals surface area contributed by atoms with E-state index in [-0.39, 0.29) is 5.69 Å². The van der Waals surface area contributed by atoms with Gasteiger partial charge in [-0.1, -0.05) is 0 Å². The first-order chi connectivity index (χ1) is 10.5. The normalized spacial score (nSPS) is 10.8. The number of rotatable bonds is 5. The Hall–Kier alpha value is -2.15. The Morgan fingerprint density at radius 3 is 2.41 bits per heavy atom. The third-order valence-corrected chi connectivity index (χ3v) is 3.51. The van der Waals surface area contributed by atoms with Crippen LogP contribution in [-0.4, -0.2) is 20.4 Å². The van der Waals surface area contributed by atoms with E-state index in [0.29, 0.717) is 17.1 Å². The van der Waals surface area contributed by atoms with Crippen LogP contribution in [-0.2, 0) is 0 Å². The number of ether oxygens (including phenoxy) is 2. The van der Waals surface area contributed by atoms with E-state index >= 15 is 0 Å². The van der Waals surface area contributed by atoms with Crippen LogP contribution >= 0.6 is 15.9 Å². The fourth-order valence-electron chi connectivity index (χ4n) is 1.72. The van der Waals surface area contributed by atoms with Crippen LogP contribution in [0.2, 0.25) is 0 Å². The van der Waals surface area contributed by atoms with Crippen LogP contribution in [0.25, 0.3) is 0 Å². The summed E-state index contributed by atoms with van der Waals surface area (Å²) >= 11 is 3.38. The summed E-state index contributed by atoms with van der Waals surface area (Å²) in [4.78, 5) is 0. The zero-order chi connectivity index (χ0) is 16.1. The molecule has 0 radical (unpaired) electrons. The zero-order valence-corrected chi connectivity index (χ0v) is 13.4. The van der Waals surface area contributed by atoms with Crippen LogP contribution in [0, 0.1) is 11.6 Å². The average Bonchev–Trinajstić information content (AvgIpc) is 2.50. The summed E-state index contributed by atoms with van der Waals surface area (Å²) in [5.74, 6) is -0.248. The van der Waals surface area contributed by atoms with Crippen molar-refractivity contribution >= 4 is 27.8 Å². The maximum atomic E-state index is 13.5. The zero-order valence-electron chi connectivity index (χ0n) is 11.9. The van der Waals surface area contributed by atoms with Gasteiger partial charge in [-0.2, -0.15) is 5.10 Å². The number of nitrogens with one attached hydrogen (secondary N) is 1. The van der Waals surface area contributed by atoms with Gasteiger partial charge in [0.1, 0.15) is 5.82 Å². The van der Waals surface area contributed by atoms with Crippen LogP contribution in [0.1, 0.15) is 5.56 Å². The van der Waals surface area contributed by atoms with Crippen molar-refractivity contribution in [2.45, 2.75) is 0 Å². The lowest BCUT2D eigenvalue weighted by Gasteiger charge is -2.09. The first kappa shape index (κ1) is 16.2. The van der Waals surface area contributed by atoms with Crippen molar-refractivity contribution in [2.75, 3.05) is 19.6 Å². The van der Waals surface area contributed by atoms with E-state index in [1.54, 1.807) is 12.1 Å². The molecule has 0 aliphatic heterocycles. The Morgan fingerprint density at radius 1 is 1.09 bits per heavy atom. The highest BCUT2D eigenvalue weighted by Crippen LogP contribution is 2.32. The number of anilines is 1. The van der Waals surface area contributed by atoms with Crippen molar-refractivity contribution < 1.29 is 18.3 Å². The fourth-order valence-corrected chi connectivity index (χ4v) is 2.15. The summed E-state index contributed by atoms with van der Waals surface area (Å²) in [6, 6.07) is 6.65. The lowest BCUT2D eigenvalue weighted by Crippen LogP contribution is -1.97. The summed E-state index contributed by atoms with van der Waals surface area (Å²) < 4.78 is 37.4. The van der Waals surface area contributed by atoms with Gasteiger partial charge in [-0.05, 0) is 40.2 Å². The second-order valence-electron chi connectivity index (χ2n) is 4.22. The molecule has 0 aliphatic carbocycles. The van der Waals surface area contributed by atoms with Gasteiger partial charge < -0.3 is 9.47 Å². The molecule has 2 aromatic rings. The molecule has 2 aromatic carbocycles. The van der Waals surface area contributed by atoms with Crippen molar-refractivity contribution in [3.05, 3.63) is 52.0 Å². The molecule has 0 fully saturated rings. The summed E-state index contributed by atoms with van der Waals surface area (Å²) in [7, 11) is 3.07. The molecule has 4 nitrogen and oxygen atoms in total. The molecular formula is C15H13BrF2N2O2. The van der Waals surface area contributed by atoms with Crippen LogP contribution in [0.15, 0.2) is 39.9 Å². The topological polar surface area (TPSA) is 42.8 Å². The minimum absolute atomic E-state index is 0.0780. The molecule has 0 spiro atoms. The monoisotopic (exact) mass is 370 g/mol.